The molecule has 0 radical (unpaired) electrons. The Kier molecular flexibility index (Phi) is 9.81. The molecule has 0 saturated carbocycles. The molecule has 0 aliphatic carbocycles. The number of carbonyl (C=O) groups excluding carboxylic acids is 2. The molecule has 0 aromatic rings. The molecule has 0 spiro atoms. The van der Waals surface area contributed by atoms with Crippen molar-refractivity contribution in [3.63, 3.8) is 0 Å². The predicted molar refractivity (Wildman–Crippen MR) is 53.4 cm³/mol. The summed E-state index contributed by atoms with van der Waals surface area (Å²) in [4.78, 5) is 20.8. The minimum absolute atomic E-state index is 0.103. The lowest BCUT2D eigenvalue weighted by molar-refractivity contribution is -0.111. The highest BCUT2D eigenvalue weighted by Gasteiger charge is 1.98. The van der Waals surface area contributed by atoms with Gasteiger partial charge < -0.3 is 0 Å². The first-order valence-corrected chi connectivity index (χ1v) is 4.54. The zero-order valence-electron chi connectivity index (χ0n) is 8.17. The van der Waals surface area contributed by atoms with E-state index in [1.165, 1.54) is 13.8 Å². The van der Waals surface area contributed by atoms with Gasteiger partial charge in [-0.2, -0.15) is 0 Å². The molecule has 0 heterocycles. The Balaban J connectivity index is 0. The molecule has 0 unspecified atom stereocenters. The van der Waals surface area contributed by atoms with Gasteiger partial charge in [0.2, 0.25) is 5.12 Å². The Hall–Kier alpha value is -0.640. The van der Waals surface area contributed by atoms with Crippen LogP contribution in [-0.4, -0.2) is 16.6 Å². The average molecular weight is 189 g/mol. The van der Waals surface area contributed by atoms with E-state index < -0.39 is 0 Å². The standard InChI is InChI=1S/C6H9NO2S.C2H6/c1-4(5(2)8)7-10-6(3)9;1-2/h1-3H3;1-2H3/b7-4+;. The van der Waals surface area contributed by atoms with Crippen LogP contribution in [0.15, 0.2) is 4.40 Å². The number of hydrogen-bond acceptors (Lipinski definition) is 4. The minimum atomic E-state index is -0.111. The van der Waals surface area contributed by atoms with Crippen LogP contribution in [0.25, 0.3) is 0 Å². The van der Waals surface area contributed by atoms with Crippen molar-refractivity contribution in [1.29, 1.82) is 0 Å². The van der Waals surface area contributed by atoms with E-state index in [0.29, 0.717) is 5.71 Å². The lowest BCUT2D eigenvalue weighted by Crippen LogP contribution is -2.03. The molecular formula is C8H15NO2S. The van der Waals surface area contributed by atoms with Gasteiger partial charge in [0.15, 0.2) is 5.78 Å². The Labute approximate surface area is 77.8 Å². The largest absolute Gasteiger partial charge is 0.293 e. The summed E-state index contributed by atoms with van der Waals surface area (Å²) in [6, 6.07) is 0. The highest BCUT2D eigenvalue weighted by atomic mass is 32.2. The van der Waals surface area contributed by atoms with Crippen LogP contribution in [0.3, 0.4) is 0 Å². The van der Waals surface area contributed by atoms with Crippen LogP contribution in [0.4, 0.5) is 0 Å². The van der Waals surface area contributed by atoms with E-state index in [1.54, 1.807) is 6.92 Å². The summed E-state index contributed by atoms with van der Waals surface area (Å²) in [5.41, 5.74) is 0.375. The van der Waals surface area contributed by atoms with E-state index in [2.05, 4.69) is 4.40 Å². The summed E-state index contributed by atoms with van der Waals surface area (Å²) in [6.45, 7) is 8.40. The van der Waals surface area contributed by atoms with E-state index in [0.717, 1.165) is 11.9 Å². The normalized spacial score (nSPS) is 9.92. The molecule has 12 heavy (non-hydrogen) atoms. The third-order valence-electron chi connectivity index (χ3n) is 0.821. The van der Waals surface area contributed by atoms with E-state index in [1.807, 2.05) is 13.8 Å². The van der Waals surface area contributed by atoms with E-state index in [9.17, 15) is 9.59 Å². The summed E-state index contributed by atoms with van der Waals surface area (Å²) < 4.78 is 3.66. The van der Waals surface area contributed by atoms with Gasteiger partial charge in [0, 0.05) is 25.8 Å². The van der Waals surface area contributed by atoms with Crippen molar-refractivity contribution in [3.05, 3.63) is 0 Å². The zero-order valence-corrected chi connectivity index (χ0v) is 8.99. The molecule has 4 heteroatoms. The third-order valence-corrected chi connectivity index (χ3v) is 1.44. The van der Waals surface area contributed by atoms with Gasteiger partial charge in [-0.1, -0.05) is 13.8 Å². The Bertz CT molecular complexity index is 187. The van der Waals surface area contributed by atoms with Crippen molar-refractivity contribution >= 4 is 28.6 Å². The molecule has 3 nitrogen and oxygen atoms in total. The average Bonchev–Trinajstić information content (AvgIpc) is 2.03. The summed E-state index contributed by atoms with van der Waals surface area (Å²) in [6.07, 6.45) is 0. The second-order valence-electron chi connectivity index (χ2n) is 1.82. The molecule has 0 fully saturated rings. The number of rotatable bonds is 2. The van der Waals surface area contributed by atoms with Crippen molar-refractivity contribution < 1.29 is 9.59 Å². The molecule has 0 aromatic carbocycles. The zero-order chi connectivity index (χ0) is 10.1. The SMILES string of the molecule is CC.CC(=O)S/N=C(\C)C(C)=O. The van der Waals surface area contributed by atoms with Gasteiger partial charge in [-0.05, 0) is 6.92 Å². The Morgan fingerprint density at radius 1 is 1.08 bits per heavy atom. The van der Waals surface area contributed by atoms with Crippen LogP contribution >= 0.6 is 11.9 Å². The molecule has 0 aromatic heterocycles. The summed E-state index contributed by atoms with van der Waals surface area (Å²) in [7, 11) is 0. The van der Waals surface area contributed by atoms with E-state index >= 15 is 0 Å². The topological polar surface area (TPSA) is 46.5 Å². The number of Topliss-reactive ketones (excluding diaryl/α,β-unsaturated/α-hetero) is 1. The number of carbonyl (C=O) groups is 2. The van der Waals surface area contributed by atoms with Crippen LogP contribution in [-0.2, 0) is 9.59 Å². The van der Waals surface area contributed by atoms with Gasteiger partial charge in [0.1, 0.15) is 0 Å². The van der Waals surface area contributed by atoms with Gasteiger partial charge >= 0.3 is 0 Å². The monoisotopic (exact) mass is 189 g/mol. The number of ketones is 1. The maximum Gasteiger partial charge on any atom is 0.207 e. The summed E-state index contributed by atoms with van der Waals surface area (Å²) >= 11 is 0.796. The highest BCUT2D eigenvalue weighted by Crippen LogP contribution is 2.02. The number of hydrogen-bond donors (Lipinski definition) is 0. The third kappa shape index (κ3) is 9.36. The molecule has 0 atom stereocenters. The molecule has 0 aliphatic heterocycles. The van der Waals surface area contributed by atoms with Crippen molar-refractivity contribution in [2.45, 2.75) is 34.6 Å². The van der Waals surface area contributed by atoms with Gasteiger partial charge in [-0.25, -0.2) is 4.40 Å². The lowest BCUT2D eigenvalue weighted by Gasteiger charge is -1.89. The van der Waals surface area contributed by atoms with Crippen LogP contribution in [0, 0.1) is 0 Å². The Morgan fingerprint density at radius 3 is 1.75 bits per heavy atom. The molecule has 0 aliphatic rings. The van der Waals surface area contributed by atoms with Crippen molar-refractivity contribution in [1.82, 2.24) is 0 Å². The highest BCUT2D eigenvalue weighted by molar-refractivity contribution is 8.12. The molecule has 70 valence electrons. The van der Waals surface area contributed by atoms with Crippen molar-refractivity contribution in [3.8, 4) is 0 Å². The molecule has 0 N–H and O–H groups in total. The summed E-state index contributed by atoms with van der Waals surface area (Å²) in [5.74, 6) is -0.103. The Morgan fingerprint density at radius 2 is 1.50 bits per heavy atom. The summed E-state index contributed by atoms with van der Waals surface area (Å²) in [5, 5.41) is -0.111. The number of nitrogens with zero attached hydrogens (tertiary/aromatic N) is 1. The van der Waals surface area contributed by atoms with Gasteiger partial charge in [0.05, 0.1) is 5.71 Å². The lowest BCUT2D eigenvalue weighted by atomic mass is 10.3. The van der Waals surface area contributed by atoms with Gasteiger partial charge in [-0.15, -0.1) is 0 Å². The fourth-order valence-corrected chi connectivity index (χ4v) is 0.591. The van der Waals surface area contributed by atoms with Crippen LogP contribution in [0.1, 0.15) is 34.6 Å². The molecule has 0 rings (SSSR count). The maximum absolute atomic E-state index is 10.5. The molecule has 0 saturated heterocycles. The first-order chi connectivity index (χ1) is 5.54. The van der Waals surface area contributed by atoms with Crippen molar-refractivity contribution in [2.75, 3.05) is 0 Å². The second kappa shape index (κ2) is 8.46. The fraction of sp³-hybridized carbons (Fsp3) is 0.625. The maximum atomic E-state index is 10.5. The predicted octanol–water partition coefficient (Wildman–Crippen LogP) is 2.26. The minimum Gasteiger partial charge on any atom is -0.293 e. The van der Waals surface area contributed by atoms with Crippen LogP contribution < -0.4 is 0 Å². The van der Waals surface area contributed by atoms with E-state index in [4.69, 9.17) is 0 Å². The first kappa shape index (κ1) is 13.9. The smallest absolute Gasteiger partial charge is 0.207 e. The van der Waals surface area contributed by atoms with Crippen LogP contribution in [0.2, 0.25) is 0 Å². The van der Waals surface area contributed by atoms with Gasteiger partial charge in [0.25, 0.3) is 0 Å². The quantitative estimate of drug-likeness (QED) is 0.494. The second-order valence-corrected chi connectivity index (χ2v) is 2.76. The molecule has 0 amide bonds. The van der Waals surface area contributed by atoms with Crippen molar-refractivity contribution in [2.24, 2.45) is 4.40 Å². The van der Waals surface area contributed by atoms with Crippen LogP contribution in [0.5, 0.6) is 0 Å². The molecule has 0 bridgehead atoms. The first-order valence-electron chi connectivity index (χ1n) is 3.77. The molecular weight excluding hydrogens is 174 g/mol. The van der Waals surface area contributed by atoms with E-state index in [-0.39, 0.29) is 10.9 Å². The van der Waals surface area contributed by atoms with Gasteiger partial charge in [-0.3, -0.25) is 9.59 Å². The fourth-order valence-electron chi connectivity index (χ4n) is 0.197.